The molecule has 2 aromatic rings. The van der Waals surface area contributed by atoms with Crippen LogP contribution in [-0.4, -0.2) is 86.7 Å². The van der Waals surface area contributed by atoms with Crippen LogP contribution < -0.4 is 117 Å². The molecule has 0 fully saturated rings. The molecule has 1 amide bonds. The fourth-order valence-corrected chi connectivity index (χ4v) is 6.37. The van der Waals surface area contributed by atoms with Crippen LogP contribution in [-0.2, 0) is 54.0 Å². The maximum Gasteiger partial charge on any atom is 1.00 e. The number of nitrogens with zero attached hydrogens (tertiary/aromatic N) is 4. The Morgan fingerprint density at radius 2 is 1.35 bits per heavy atom. The number of benzene rings is 2. The van der Waals surface area contributed by atoms with Crippen LogP contribution in [0.3, 0.4) is 0 Å². The maximum absolute atomic E-state index is 13.0. The van der Waals surface area contributed by atoms with Crippen LogP contribution in [0.1, 0.15) is 12.5 Å². The molecule has 1 heterocycles. The van der Waals surface area contributed by atoms with E-state index in [1.165, 1.54) is 38.1 Å². The molecule has 242 valence electrons. The maximum atomic E-state index is 13.0. The number of hydrogen-bond donors (Lipinski definition) is 2. The van der Waals surface area contributed by atoms with E-state index >= 15 is 0 Å². The Labute approximate surface area is 350 Å². The fourth-order valence-electron chi connectivity index (χ4n) is 3.51. The number of anilines is 1. The third-order valence-electron chi connectivity index (χ3n) is 5.48. The van der Waals surface area contributed by atoms with E-state index in [0.717, 1.165) is 23.2 Å². The normalized spacial score (nSPS) is 15.8. The van der Waals surface area contributed by atoms with Gasteiger partial charge in [-0.15, -0.1) is 0 Å². The second kappa shape index (κ2) is 18.3. The summed E-state index contributed by atoms with van der Waals surface area (Å²) in [5, 5.41) is 13.1. The number of rotatable bonds is 15. The quantitative estimate of drug-likeness (QED) is 0.0560. The summed E-state index contributed by atoms with van der Waals surface area (Å²) in [5.41, 5.74) is 0.753. The summed E-state index contributed by atoms with van der Waals surface area (Å²) in [6.45, 7) is 0.551. The van der Waals surface area contributed by atoms with Crippen molar-refractivity contribution in [1.82, 2.24) is 9.44 Å². The molecule has 3 rings (SSSR count). The first kappa shape index (κ1) is 44.0. The number of carbonyl (C=O) groups is 1. The molecule has 0 bridgehead atoms. The molecule has 0 radical (unpaired) electrons. The molecular weight excluding hydrogens is 751 g/mol. The second-order valence-corrected chi connectivity index (χ2v) is 14.3. The van der Waals surface area contributed by atoms with Gasteiger partial charge in [0.15, 0.2) is 6.04 Å². The Morgan fingerprint density at radius 1 is 0.826 bits per heavy atom. The van der Waals surface area contributed by atoms with Crippen LogP contribution in [0.4, 0.5) is 11.4 Å². The second-order valence-electron chi connectivity index (χ2n) is 8.71. The van der Waals surface area contributed by atoms with E-state index < -0.39 is 79.1 Å². The van der Waals surface area contributed by atoms with Crippen LogP contribution in [0.5, 0.6) is 0 Å². The standard InChI is InChI=1S/C21H26N6O13S4.2K/c1-14-3-4-16(13-19(14)42(31,32)23-10-12-40-44(36,37)38)24-25-20-15(2)26-27(21(20)28)17-5-7-18(8-6-17)41(29,30)22-9-11-39-43(33,34)35;;/h3-8,13,20,22-23H,9-12H2,1-2H3,(H,33,34,35)(H,36,37,38);;/q;2*+1/p-2. The van der Waals surface area contributed by atoms with Crippen molar-refractivity contribution in [3.8, 4) is 0 Å². The number of hydrogen-bond acceptors (Lipinski definition) is 16. The van der Waals surface area contributed by atoms with Gasteiger partial charge in [0.25, 0.3) is 5.91 Å². The van der Waals surface area contributed by atoms with Gasteiger partial charge in [0.1, 0.15) is 0 Å². The van der Waals surface area contributed by atoms with E-state index in [1.807, 2.05) is 0 Å². The van der Waals surface area contributed by atoms with Crippen LogP contribution in [0.2, 0.25) is 0 Å². The van der Waals surface area contributed by atoms with Gasteiger partial charge >= 0.3 is 103 Å². The number of sulfonamides is 2. The third-order valence-corrected chi connectivity index (χ3v) is 9.47. The Hall–Kier alpha value is 0.0127. The number of amides is 1. The average molecular weight is 775 g/mol. The summed E-state index contributed by atoms with van der Waals surface area (Å²) < 4.78 is 125. The molecule has 1 atom stereocenters. The molecule has 0 aromatic heterocycles. The van der Waals surface area contributed by atoms with Gasteiger partial charge in [0.05, 0.1) is 40.1 Å². The summed E-state index contributed by atoms with van der Waals surface area (Å²) in [4.78, 5) is 12.6. The van der Waals surface area contributed by atoms with E-state index in [-0.39, 0.29) is 130 Å². The van der Waals surface area contributed by atoms with E-state index in [4.69, 9.17) is 0 Å². The zero-order valence-corrected chi connectivity index (χ0v) is 34.2. The zero-order valence-electron chi connectivity index (χ0n) is 24.7. The van der Waals surface area contributed by atoms with Gasteiger partial charge < -0.3 is 9.11 Å². The topological polar surface area (TPSA) is 283 Å². The van der Waals surface area contributed by atoms with Gasteiger partial charge in [-0.1, -0.05) is 6.07 Å². The summed E-state index contributed by atoms with van der Waals surface area (Å²) >= 11 is 0. The van der Waals surface area contributed by atoms with Crippen molar-refractivity contribution in [2.75, 3.05) is 31.3 Å². The number of azo groups is 1. The molecule has 1 unspecified atom stereocenters. The average Bonchev–Trinajstić information content (AvgIpc) is 3.20. The van der Waals surface area contributed by atoms with Crippen molar-refractivity contribution in [1.29, 1.82) is 0 Å². The number of aryl methyl sites for hydroxylation is 1. The Balaban J connectivity index is 0.00000529. The predicted octanol–water partition coefficient (Wildman–Crippen LogP) is -6.61. The van der Waals surface area contributed by atoms with E-state index in [1.54, 1.807) is 0 Å². The number of nitrogens with one attached hydrogen (secondary N) is 2. The monoisotopic (exact) mass is 774 g/mol. The summed E-state index contributed by atoms with van der Waals surface area (Å²) in [7, 11) is -18.3. The molecule has 2 N–H and O–H groups in total. The van der Waals surface area contributed by atoms with E-state index in [0.29, 0.717) is 5.56 Å². The predicted molar refractivity (Wildman–Crippen MR) is 148 cm³/mol. The fraction of sp³-hybridized carbons (Fsp3) is 0.333. The molecular formula is C21H24K2N6O13S4. The number of hydrazone groups is 1. The van der Waals surface area contributed by atoms with Crippen LogP contribution in [0.15, 0.2) is 67.6 Å². The van der Waals surface area contributed by atoms with Gasteiger partial charge in [-0.3, -0.25) is 13.2 Å². The van der Waals surface area contributed by atoms with Crippen molar-refractivity contribution in [3.05, 3.63) is 48.0 Å². The molecule has 19 nitrogen and oxygen atoms in total. The Bertz CT molecular complexity index is 1910. The van der Waals surface area contributed by atoms with Crippen molar-refractivity contribution in [2.24, 2.45) is 15.3 Å². The summed E-state index contributed by atoms with van der Waals surface area (Å²) in [5.74, 6) is -0.647. The molecule has 25 heteroatoms. The van der Waals surface area contributed by atoms with Crippen molar-refractivity contribution in [2.45, 2.75) is 29.7 Å². The van der Waals surface area contributed by atoms with Crippen molar-refractivity contribution < 1.29 is 159 Å². The van der Waals surface area contributed by atoms with Crippen molar-refractivity contribution in [3.63, 3.8) is 0 Å². The summed E-state index contributed by atoms with van der Waals surface area (Å²) in [6.07, 6.45) is 0. The Morgan fingerprint density at radius 3 is 1.87 bits per heavy atom. The van der Waals surface area contributed by atoms with Crippen LogP contribution in [0.25, 0.3) is 0 Å². The first-order valence-corrected chi connectivity index (χ1v) is 17.6. The Kier molecular flexibility index (Phi) is 17.5. The first-order valence-electron chi connectivity index (χ1n) is 12.0. The van der Waals surface area contributed by atoms with Crippen LogP contribution in [0, 0.1) is 6.92 Å². The molecule has 1 aliphatic rings. The first-order chi connectivity index (χ1) is 20.3. The summed E-state index contributed by atoms with van der Waals surface area (Å²) in [6, 6.07) is 7.71. The van der Waals surface area contributed by atoms with E-state index in [2.05, 4.69) is 33.1 Å². The third kappa shape index (κ3) is 13.4. The minimum absolute atomic E-state index is 0. The van der Waals surface area contributed by atoms with Crippen LogP contribution >= 0.6 is 0 Å². The van der Waals surface area contributed by atoms with Gasteiger partial charge in [0, 0.05) is 13.1 Å². The zero-order chi connectivity index (χ0) is 32.9. The van der Waals surface area contributed by atoms with Gasteiger partial charge in [0.2, 0.25) is 40.8 Å². The van der Waals surface area contributed by atoms with E-state index in [9.17, 15) is 47.6 Å². The van der Waals surface area contributed by atoms with Crippen molar-refractivity contribution >= 4 is 63.8 Å². The van der Waals surface area contributed by atoms with Gasteiger partial charge in [-0.05, 0) is 55.8 Å². The number of carbonyl (C=O) groups excluding carboxylic acids is 1. The molecule has 46 heavy (non-hydrogen) atoms. The van der Waals surface area contributed by atoms with Gasteiger partial charge in [-0.2, -0.15) is 20.3 Å². The minimum atomic E-state index is -4.99. The smallest absolute Gasteiger partial charge is 0.726 e. The minimum Gasteiger partial charge on any atom is -0.726 e. The molecule has 1 aliphatic heterocycles. The molecule has 0 aliphatic carbocycles. The largest absolute Gasteiger partial charge is 1.00 e. The molecule has 0 saturated carbocycles. The molecule has 2 aromatic carbocycles. The molecule has 0 saturated heterocycles. The molecule has 0 spiro atoms. The SMILES string of the molecule is CC1=NN(c2ccc(S(=O)(=O)NCCOS(=O)(=O)[O-])cc2)C(=O)C1N=Nc1ccc(C)c(S(=O)(=O)NCCOS(=O)(=O)[O-])c1.[K+].[K+]. The van der Waals surface area contributed by atoms with Gasteiger partial charge in [-0.25, -0.2) is 43.1 Å².